The van der Waals surface area contributed by atoms with Gasteiger partial charge < -0.3 is 15.3 Å². The predicted octanol–water partition coefficient (Wildman–Crippen LogP) is 0.781. The van der Waals surface area contributed by atoms with Gasteiger partial charge in [-0.15, -0.1) is 0 Å². The minimum absolute atomic E-state index is 0.197. The summed E-state index contributed by atoms with van der Waals surface area (Å²) in [7, 11) is 0. The van der Waals surface area contributed by atoms with Crippen LogP contribution in [0.15, 0.2) is 0 Å². The van der Waals surface area contributed by atoms with Gasteiger partial charge in [-0.3, -0.25) is 4.79 Å². The Labute approximate surface area is 97.0 Å². The second-order valence-electron chi connectivity index (χ2n) is 5.07. The Hall–Kier alpha value is -0.610. The summed E-state index contributed by atoms with van der Waals surface area (Å²) in [5.41, 5.74) is 0. The van der Waals surface area contributed by atoms with Gasteiger partial charge in [-0.1, -0.05) is 6.92 Å². The van der Waals surface area contributed by atoms with Crippen LogP contribution in [0.2, 0.25) is 0 Å². The molecule has 1 aliphatic heterocycles. The number of carboxylic acid groups (broad SMARTS) is 1. The first-order valence-electron chi connectivity index (χ1n) is 6.39. The minimum atomic E-state index is -0.629. The first-order chi connectivity index (χ1) is 7.70. The number of hydrogen-bond donors (Lipinski definition) is 2. The SMILES string of the molecule is CCN1CCC(C(CNC2CC2)C(=O)O)C1. The second kappa shape index (κ2) is 5.15. The smallest absolute Gasteiger partial charge is 0.308 e. The molecule has 0 aromatic rings. The van der Waals surface area contributed by atoms with Crippen molar-refractivity contribution in [2.24, 2.45) is 11.8 Å². The lowest BCUT2D eigenvalue weighted by Gasteiger charge is -2.20. The zero-order valence-electron chi connectivity index (χ0n) is 9.98. The normalized spacial score (nSPS) is 28.2. The summed E-state index contributed by atoms with van der Waals surface area (Å²) in [5.74, 6) is -0.489. The van der Waals surface area contributed by atoms with Gasteiger partial charge in [0.05, 0.1) is 5.92 Å². The van der Waals surface area contributed by atoms with Crippen LogP contribution >= 0.6 is 0 Å². The van der Waals surface area contributed by atoms with Crippen molar-refractivity contribution in [1.82, 2.24) is 10.2 Å². The summed E-state index contributed by atoms with van der Waals surface area (Å²) in [6.45, 7) is 5.86. The van der Waals surface area contributed by atoms with Gasteiger partial charge in [0.1, 0.15) is 0 Å². The average molecular weight is 226 g/mol. The van der Waals surface area contributed by atoms with Crippen molar-refractivity contribution in [3.8, 4) is 0 Å². The highest BCUT2D eigenvalue weighted by Crippen LogP contribution is 2.25. The van der Waals surface area contributed by atoms with Gasteiger partial charge in [0.25, 0.3) is 0 Å². The van der Waals surface area contributed by atoms with Crippen LogP contribution in [-0.4, -0.2) is 48.2 Å². The van der Waals surface area contributed by atoms with E-state index in [0.29, 0.717) is 18.5 Å². The van der Waals surface area contributed by atoms with Gasteiger partial charge in [-0.2, -0.15) is 0 Å². The van der Waals surface area contributed by atoms with Crippen LogP contribution in [0, 0.1) is 11.8 Å². The number of carbonyl (C=O) groups is 1. The Morgan fingerprint density at radius 2 is 2.25 bits per heavy atom. The third-order valence-corrected chi connectivity index (χ3v) is 3.85. The lowest BCUT2D eigenvalue weighted by molar-refractivity contribution is -0.143. The highest BCUT2D eigenvalue weighted by molar-refractivity contribution is 5.70. The molecule has 0 radical (unpaired) electrons. The van der Waals surface area contributed by atoms with Crippen LogP contribution in [-0.2, 0) is 4.79 Å². The van der Waals surface area contributed by atoms with E-state index in [-0.39, 0.29) is 5.92 Å². The number of carboxylic acids is 1. The van der Waals surface area contributed by atoms with E-state index < -0.39 is 5.97 Å². The number of likely N-dealkylation sites (tertiary alicyclic amines) is 1. The fraction of sp³-hybridized carbons (Fsp3) is 0.917. The molecule has 4 nitrogen and oxygen atoms in total. The molecule has 1 saturated carbocycles. The van der Waals surface area contributed by atoms with E-state index in [9.17, 15) is 9.90 Å². The zero-order valence-corrected chi connectivity index (χ0v) is 9.98. The van der Waals surface area contributed by atoms with Crippen molar-refractivity contribution in [2.75, 3.05) is 26.2 Å². The lowest BCUT2D eigenvalue weighted by atomic mass is 9.91. The fourth-order valence-corrected chi connectivity index (χ4v) is 2.51. The summed E-state index contributed by atoms with van der Waals surface area (Å²) in [6, 6.07) is 0.602. The van der Waals surface area contributed by atoms with Crippen LogP contribution in [0.25, 0.3) is 0 Å². The number of nitrogens with one attached hydrogen (secondary N) is 1. The van der Waals surface area contributed by atoms with Crippen LogP contribution in [0.5, 0.6) is 0 Å². The molecule has 2 fully saturated rings. The topological polar surface area (TPSA) is 52.6 Å². The molecule has 92 valence electrons. The maximum Gasteiger partial charge on any atom is 0.308 e. The Morgan fingerprint density at radius 1 is 1.50 bits per heavy atom. The van der Waals surface area contributed by atoms with E-state index in [1.54, 1.807) is 0 Å². The van der Waals surface area contributed by atoms with E-state index >= 15 is 0 Å². The van der Waals surface area contributed by atoms with Crippen molar-refractivity contribution < 1.29 is 9.90 Å². The van der Waals surface area contributed by atoms with Crippen molar-refractivity contribution in [1.29, 1.82) is 0 Å². The van der Waals surface area contributed by atoms with E-state index in [1.807, 2.05) is 0 Å². The monoisotopic (exact) mass is 226 g/mol. The van der Waals surface area contributed by atoms with Crippen LogP contribution in [0.4, 0.5) is 0 Å². The summed E-state index contributed by atoms with van der Waals surface area (Å²) in [5, 5.41) is 12.6. The molecule has 2 aliphatic rings. The number of aliphatic carboxylic acids is 1. The highest BCUT2D eigenvalue weighted by Gasteiger charge is 2.34. The summed E-state index contributed by atoms with van der Waals surface area (Å²) in [4.78, 5) is 13.6. The molecular weight excluding hydrogens is 204 g/mol. The van der Waals surface area contributed by atoms with Crippen LogP contribution in [0.1, 0.15) is 26.2 Å². The molecule has 0 spiro atoms. The Balaban J connectivity index is 1.83. The molecule has 2 unspecified atom stereocenters. The van der Waals surface area contributed by atoms with Crippen molar-refractivity contribution >= 4 is 5.97 Å². The minimum Gasteiger partial charge on any atom is -0.481 e. The molecule has 4 heteroatoms. The molecule has 0 aromatic heterocycles. The summed E-state index contributed by atoms with van der Waals surface area (Å²) >= 11 is 0. The molecule has 2 N–H and O–H groups in total. The molecular formula is C12H22N2O2. The van der Waals surface area contributed by atoms with Gasteiger partial charge in [-0.25, -0.2) is 0 Å². The third kappa shape index (κ3) is 2.95. The molecule has 16 heavy (non-hydrogen) atoms. The third-order valence-electron chi connectivity index (χ3n) is 3.85. The van der Waals surface area contributed by atoms with E-state index in [4.69, 9.17) is 0 Å². The first kappa shape index (κ1) is 11.9. The largest absolute Gasteiger partial charge is 0.481 e. The van der Waals surface area contributed by atoms with Crippen molar-refractivity contribution in [3.63, 3.8) is 0 Å². The summed E-state index contributed by atoms with van der Waals surface area (Å²) in [6.07, 6.45) is 3.48. The van der Waals surface area contributed by atoms with Gasteiger partial charge in [0, 0.05) is 19.1 Å². The number of nitrogens with zero attached hydrogens (tertiary/aromatic N) is 1. The van der Waals surface area contributed by atoms with Crippen molar-refractivity contribution in [2.45, 2.75) is 32.2 Å². The number of hydrogen-bond acceptors (Lipinski definition) is 3. The van der Waals surface area contributed by atoms with Gasteiger partial charge in [0.15, 0.2) is 0 Å². The van der Waals surface area contributed by atoms with Crippen molar-refractivity contribution in [3.05, 3.63) is 0 Å². The molecule has 0 amide bonds. The average Bonchev–Trinajstić information content (AvgIpc) is 2.95. The highest BCUT2D eigenvalue weighted by atomic mass is 16.4. The van der Waals surface area contributed by atoms with Gasteiger partial charge >= 0.3 is 5.97 Å². The fourth-order valence-electron chi connectivity index (χ4n) is 2.51. The second-order valence-corrected chi connectivity index (χ2v) is 5.07. The maximum atomic E-state index is 11.3. The molecule has 1 aliphatic carbocycles. The zero-order chi connectivity index (χ0) is 11.5. The summed E-state index contributed by atoms with van der Waals surface area (Å²) < 4.78 is 0. The van der Waals surface area contributed by atoms with Crippen LogP contribution in [0.3, 0.4) is 0 Å². The molecule has 1 saturated heterocycles. The first-order valence-corrected chi connectivity index (χ1v) is 6.39. The van der Waals surface area contributed by atoms with E-state index in [0.717, 1.165) is 26.1 Å². The lowest BCUT2D eigenvalue weighted by Crippen LogP contribution is -2.36. The standard InChI is InChI=1S/C12H22N2O2/c1-2-14-6-5-9(8-14)11(12(15)16)7-13-10-3-4-10/h9-11,13H,2-8H2,1H3,(H,15,16). The Bertz CT molecular complexity index is 253. The quantitative estimate of drug-likeness (QED) is 0.703. The Kier molecular flexibility index (Phi) is 3.82. The van der Waals surface area contributed by atoms with Gasteiger partial charge in [0.2, 0.25) is 0 Å². The van der Waals surface area contributed by atoms with E-state index in [2.05, 4.69) is 17.1 Å². The Morgan fingerprint density at radius 3 is 2.75 bits per heavy atom. The molecule has 1 heterocycles. The molecule has 0 aromatic carbocycles. The molecule has 2 rings (SSSR count). The number of rotatable bonds is 6. The van der Waals surface area contributed by atoms with E-state index in [1.165, 1.54) is 12.8 Å². The molecule has 0 bridgehead atoms. The molecule has 2 atom stereocenters. The van der Waals surface area contributed by atoms with Crippen LogP contribution < -0.4 is 5.32 Å². The maximum absolute atomic E-state index is 11.3. The predicted molar refractivity (Wildman–Crippen MR) is 62.4 cm³/mol. The van der Waals surface area contributed by atoms with Gasteiger partial charge in [-0.05, 0) is 38.3 Å².